The van der Waals surface area contributed by atoms with E-state index in [9.17, 15) is 26.4 Å². The molecule has 1 rings (SSSR count). The van der Waals surface area contributed by atoms with Crippen molar-refractivity contribution in [3.8, 4) is 0 Å². The second-order valence-electron chi connectivity index (χ2n) is 5.77. The fourth-order valence-electron chi connectivity index (χ4n) is 2.42. The first kappa shape index (κ1) is 26.6. The van der Waals surface area contributed by atoms with Crippen molar-refractivity contribution in [3.05, 3.63) is 29.8 Å². The summed E-state index contributed by atoms with van der Waals surface area (Å²) in [6.45, 7) is 5.29. The Labute approximate surface area is 173 Å². The molecule has 0 aromatic heterocycles. The van der Waals surface area contributed by atoms with Crippen LogP contribution < -0.4 is 0 Å². The van der Waals surface area contributed by atoms with E-state index in [1.807, 2.05) is 0 Å². The molecule has 1 atom stereocenters. The lowest BCUT2D eigenvalue weighted by atomic mass is 10.2. The van der Waals surface area contributed by atoms with Gasteiger partial charge in [-0.05, 0) is 39.8 Å². The van der Waals surface area contributed by atoms with Crippen molar-refractivity contribution in [2.75, 3.05) is 26.9 Å². The zero-order valence-electron chi connectivity index (χ0n) is 17.2. The van der Waals surface area contributed by atoms with Crippen molar-refractivity contribution in [1.29, 1.82) is 0 Å². The predicted octanol–water partition coefficient (Wildman–Crippen LogP) is 4.26. The van der Waals surface area contributed by atoms with Crippen LogP contribution in [0.4, 0.5) is 13.2 Å². The minimum Gasteiger partial charge on any atom is -0.466 e. The van der Waals surface area contributed by atoms with Crippen molar-refractivity contribution >= 4 is 23.5 Å². The number of methoxy groups -OCH3 is 1. The Kier molecular flexibility index (Phi) is 9.06. The first-order valence-electron chi connectivity index (χ1n) is 8.91. The second-order valence-corrected chi connectivity index (χ2v) is 9.75. The van der Waals surface area contributed by atoms with Gasteiger partial charge in [0, 0.05) is 0 Å². The molecule has 30 heavy (non-hydrogen) atoms. The highest BCUT2D eigenvalue weighted by Crippen LogP contribution is 2.58. The number of sulfone groups is 1. The molecule has 0 heterocycles. The fraction of sp³-hybridized carbons (Fsp3) is 0.588. The molecule has 0 amide bonds. The Hall–Kier alpha value is -1.46. The van der Waals surface area contributed by atoms with Gasteiger partial charge in [0.05, 0.1) is 31.8 Å². The number of halogens is 3. The number of alkyl halides is 3. The van der Waals surface area contributed by atoms with Crippen LogP contribution in [-0.2, 0) is 32.9 Å². The van der Waals surface area contributed by atoms with Crippen LogP contribution >= 0.6 is 7.74 Å². The van der Waals surface area contributed by atoms with Crippen LogP contribution in [0.15, 0.2) is 33.9 Å². The van der Waals surface area contributed by atoms with Gasteiger partial charge in [0.25, 0.3) is 0 Å². The number of carbonyl (C=O) groups excluding carboxylic acids is 1. The number of nitrogens with zero attached hydrogens (tertiary/aromatic N) is 1. The molecule has 0 saturated carbocycles. The molecule has 0 saturated heterocycles. The Bertz CT molecular complexity index is 864. The van der Waals surface area contributed by atoms with Gasteiger partial charge >= 0.3 is 24.8 Å². The van der Waals surface area contributed by atoms with Gasteiger partial charge in [-0.3, -0.25) is 0 Å². The molecular formula is C17H25F3NO7PS. The molecule has 0 aliphatic carbocycles. The van der Waals surface area contributed by atoms with Crippen LogP contribution in [0, 0.1) is 6.92 Å². The molecule has 1 aromatic rings. The van der Waals surface area contributed by atoms with Crippen LogP contribution in [0.25, 0.3) is 0 Å². The lowest BCUT2D eigenvalue weighted by molar-refractivity contribution is -0.185. The van der Waals surface area contributed by atoms with Crippen molar-refractivity contribution < 1.29 is 44.7 Å². The Morgan fingerprint density at radius 1 is 1.00 bits per heavy atom. The van der Waals surface area contributed by atoms with E-state index < -0.39 is 39.5 Å². The summed E-state index contributed by atoms with van der Waals surface area (Å²) in [5.74, 6) is -2.15. The minimum absolute atomic E-state index is 0.211. The van der Waals surface area contributed by atoms with E-state index >= 15 is 0 Å². The highest BCUT2D eigenvalue weighted by atomic mass is 32.2. The molecule has 0 N–H and O–H groups in total. The Balaban J connectivity index is 4.12. The number of aryl methyl sites for hydroxylation is 1. The van der Waals surface area contributed by atoms with Gasteiger partial charge in [-0.1, -0.05) is 17.7 Å². The monoisotopic (exact) mass is 475 g/mol. The molecule has 1 aromatic carbocycles. The van der Waals surface area contributed by atoms with E-state index in [0.717, 1.165) is 12.1 Å². The largest absolute Gasteiger partial charge is 0.466 e. The molecule has 0 spiro atoms. The summed E-state index contributed by atoms with van der Waals surface area (Å²) in [4.78, 5) is 7.35. The van der Waals surface area contributed by atoms with Crippen LogP contribution in [0.1, 0.15) is 26.3 Å². The summed E-state index contributed by atoms with van der Waals surface area (Å²) in [5, 5.41) is 0. The lowest BCUT2D eigenvalue weighted by Gasteiger charge is -2.32. The fourth-order valence-corrected chi connectivity index (χ4v) is 6.50. The van der Waals surface area contributed by atoms with E-state index in [4.69, 9.17) is 13.6 Å². The molecule has 0 radical (unpaired) electrons. The summed E-state index contributed by atoms with van der Waals surface area (Å²) in [6.07, 6.45) is -5.72. The maximum atomic E-state index is 14.4. The van der Waals surface area contributed by atoms with Gasteiger partial charge in [0.15, 0.2) is 0 Å². The molecular weight excluding hydrogens is 450 g/mol. The van der Waals surface area contributed by atoms with Crippen molar-refractivity contribution in [1.82, 2.24) is 0 Å². The Morgan fingerprint density at radius 3 is 1.77 bits per heavy atom. The molecule has 8 nitrogen and oxygen atoms in total. The van der Waals surface area contributed by atoms with E-state index in [-0.39, 0.29) is 19.8 Å². The van der Waals surface area contributed by atoms with Crippen LogP contribution in [-0.4, -0.2) is 52.4 Å². The van der Waals surface area contributed by atoms with Crippen molar-refractivity contribution in [2.24, 2.45) is 4.74 Å². The zero-order chi connectivity index (χ0) is 23.2. The van der Waals surface area contributed by atoms with Crippen molar-refractivity contribution in [3.63, 3.8) is 0 Å². The number of carbonyl (C=O) groups is 1. The average molecular weight is 475 g/mol. The summed E-state index contributed by atoms with van der Waals surface area (Å²) in [5.41, 5.74) is 0.598. The van der Waals surface area contributed by atoms with E-state index in [1.165, 1.54) is 32.9 Å². The summed E-state index contributed by atoms with van der Waals surface area (Å²) in [6, 6.07) is 4.49. The first-order valence-corrected chi connectivity index (χ1v) is 11.9. The topological polar surface area (TPSA) is 100 Å². The number of ether oxygens (including phenoxy) is 1. The molecule has 0 fully saturated rings. The van der Waals surface area contributed by atoms with E-state index in [2.05, 4.69) is 9.48 Å². The third-order valence-electron chi connectivity index (χ3n) is 3.71. The highest BCUT2D eigenvalue weighted by molar-refractivity contribution is 7.93. The highest BCUT2D eigenvalue weighted by Gasteiger charge is 2.73. The summed E-state index contributed by atoms with van der Waals surface area (Å²) < 4.78 is 93.0. The maximum absolute atomic E-state index is 14.4. The van der Waals surface area contributed by atoms with Crippen LogP contribution in [0.5, 0.6) is 0 Å². The molecule has 0 aliphatic rings. The number of hydrogen-bond donors (Lipinski definition) is 0. The zero-order valence-corrected chi connectivity index (χ0v) is 18.9. The minimum atomic E-state index is -5.72. The van der Waals surface area contributed by atoms with Gasteiger partial charge in [0.2, 0.25) is 9.84 Å². The number of rotatable bonds is 10. The average Bonchev–Trinajstić information content (AvgIpc) is 2.65. The van der Waals surface area contributed by atoms with Crippen LogP contribution in [0.3, 0.4) is 0 Å². The van der Waals surface area contributed by atoms with Gasteiger partial charge in [-0.15, -0.1) is 0 Å². The molecule has 0 aliphatic heterocycles. The number of benzene rings is 1. The summed E-state index contributed by atoms with van der Waals surface area (Å²) in [7, 11) is -9.17. The van der Waals surface area contributed by atoms with Gasteiger partial charge < -0.3 is 18.3 Å². The molecule has 13 heteroatoms. The maximum Gasteiger partial charge on any atom is 0.439 e. The van der Waals surface area contributed by atoms with Gasteiger partial charge in [0.1, 0.15) is 0 Å². The molecule has 0 bridgehead atoms. The standard InChI is InChI=1S/C17H25F3NO7PS/c1-6-26-29(27-7-2,28-8-3)21-16(15(22)25-5,17(18,19)20)30(23,24)14-11-9-13(4)10-12-14/h9-12H,6-8H2,1-5H3. The van der Waals surface area contributed by atoms with Crippen molar-refractivity contribution in [2.45, 2.75) is 43.6 Å². The SMILES string of the molecule is CCOP(=NC(C(=O)OC)(C(F)(F)F)S(=O)(=O)c1ccc(C)cc1)(OCC)OCC. The first-order chi connectivity index (χ1) is 13.9. The third-order valence-corrected chi connectivity index (χ3v) is 8.30. The smallest absolute Gasteiger partial charge is 0.439 e. The second kappa shape index (κ2) is 10.2. The van der Waals surface area contributed by atoms with Gasteiger partial charge in [-0.2, -0.15) is 17.9 Å². The normalized spacial score (nSPS) is 14.8. The summed E-state index contributed by atoms with van der Waals surface area (Å²) >= 11 is 0. The lowest BCUT2D eigenvalue weighted by Crippen LogP contribution is -2.57. The predicted molar refractivity (Wildman–Crippen MR) is 103 cm³/mol. The van der Waals surface area contributed by atoms with E-state index in [0.29, 0.717) is 12.7 Å². The van der Waals surface area contributed by atoms with E-state index in [1.54, 1.807) is 6.92 Å². The number of esters is 1. The quantitative estimate of drug-likeness (QED) is 0.368. The molecule has 172 valence electrons. The molecule has 1 unspecified atom stereocenters. The van der Waals surface area contributed by atoms with Gasteiger partial charge in [-0.25, -0.2) is 13.2 Å². The Morgan fingerprint density at radius 2 is 1.43 bits per heavy atom. The third kappa shape index (κ3) is 5.05. The number of hydrogen-bond acceptors (Lipinski definition) is 8. The van der Waals surface area contributed by atoms with Crippen LogP contribution in [0.2, 0.25) is 0 Å².